The lowest BCUT2D eigenvalue weighted by molar-refractivity contribution is -0.139. The number of carboxylic acid groups (broad SMARTS) is 2. The highest BCUT2D eigenvalue weighted by molar-refractivity contribution is 5.79. The average Bonchev–Trinajstić information content (AvgIpc) is 2.44. The fourth-order valence-corrected chi connectivity index (χ4v) is 1.79. The maximum Gasteiger partial charge on any atom is 0.320 e. The van der Waals surface area contributed by atoms with Gasteiger partial charge in [0.25, 0.3) is 0 Å². The van der Waals surface area contributed by atoms with Crippen LogP contribution in [0.2, 0.25) is 0 Å². The van der Waals surface area contributed by atoms with Crippen LogP contribution in [0.1, 0.15) is 30.9 Å². The van der Waals surface area contributed by atoms with Gasteiger partial charge >= 0.3 is 11.9 Å². The van der Waals surface area contributed by atoms with Crippen molar-refractivity contribution in [2.24, 2.45) is 5.73 Å². The zero-order valence-corrected chi connectivity index (χ0v) is 11.4. The molecule has 0 heterocycles. The van der Waals surface area contributed by atoms with Gasteiger partial charge in [0.15, 0.2) is 0 Å². The molecule has 0 spiro atoms. The van der Waals surface area contributed by atoms with Gasteiger partial charge < -0.3 is 21.3 Å². The summed E-state index contributed by atoms with van der Waals surface area (Å²) >= 11 is 0. The molecule has 1 amide bonds. The molecule has 7 nitrogen and oxygen atoms in total. The first kappa shape index (κ1) is 16.6. The van der Waals surface area contributed by atoms with Gasteiger partial charge in [0, 0.05) is 6.42 Å². The van der Waals surface area contributed by atoms with Crippen molar-refractivity contribution in [1.82, 2.24) is 5.32 Å². The summed E-state index contributed by atoms with van der Waals surface area (Å²) in [5.74, 6) is -2.64. The standard InChI is InChI=1S/C14H18N2O5/c15-10(14(20)21)6-7-12(17)16-11(8-13(18)19)9-4-2-1-3-5-9/h1-5,10-11H,6-8,15H2,(H,16,17)(H,18,19)(H,20,21)/t10-,11?/m0/s1. The van der Waals surface area contributed by atoms with Gasteiger partial charge in [-0.3, -0.25) is 14.4 Å². The summed E-state index contributed by atoms with van der Waals surface area (Å²) in [7, 11) is 0. The van der Waals surface area contributed by atoms with Crippen molar-refractivity contribution in [2.45, 2.75) is 31.3 Å². The highest BCUT2D eigenvalue weighted by Gasteiger charge is 2.19. The number of nitrogens with two attached hydrogens (primary N) is 1. The van der Waals surface area contributed by atoms with E-state index in [0.29, 0.717) is 5.56 Å². The van der Waals surface area contributed by atoms with Crippen LogP contribution >= 0.6 is 0 Å². The van der Waals surface area contributed by atoms with E-state index in [2.05, 4.69) is 5.32 Å². The minimum absolute atomic E-state index is 0.00422. The second kappa shape index (κ2) is 8.01. The molecule has 0 radical (unpaired) electrons. The van der Waals surface area contributed by atoms with Gasteiger partial charge in [-0.1, -0.05) is 30.3 Å². The molecule has 0 saturated carbocycles. The van der Waals surface area contributed by atoms with Gasteiger partial charge in [-0.15, -0.1) is 0 Å². The lowest BCUT2D eigenvalue weighted by Gasteiger charge is -2.17. The number of hydrogen-bond acceptors (Lipinski definition) is 4. The summed E-state index contributed by atoms with van der Waals surface area (Å²) in [5, 5.41) is 20.1. The molecule has 2 atom stereocenters. The Hall–Kier alpha value is -2.41. The normalized spacial score (nSPS) is 13.2. The molecule has 0 bridgehead atoms. The van der Waals surface area contributed by atoms with Crippen LogP contribution in [0.5, 0.6) is 0 Å². The lowest BCUT2D eigenvalue weighted by Crippen LogP contribution is -2.34. The Balaban J connectivity index is 2.63. The predicted octanol–water partition coefficient (Wildman–Crippen LogP) is 0.511. The highest BCUT2D eigenvalue weighted by atomic mass is 16.4. The van der Waals surface area contributed by atoms with Crippen molar-refractivity contribution in [1.29, 1.82) is 0 Å². The molecule has 21 heavy (non-hydrogen) atoms. The molecule has 5 N–H and O–H groups in total. The monoisotopic (exact) mass is 294 g/mol. The number of carboxylic acids is 2. The smallest absolute Gasteiger partial charge is 0.320 e. The molecule has 0 fully saturated rings. The minimum Gasteiger partial charge on any atom is -0.481 e. The first-order valence-corrected chi connectivity index (χ1v) is 6.44. The van der Waals surface area contributed by atoms with Crippen molar-refractivity contribution >= 4 is 17.8 Å². The van der Waals surface area contributed by atoms with Gasteiger partial charge in [0.2, 0.25) is 5.91 Å². The summed E-state index contributed by atoms with van der Waals surface area (Å²) in [5.41, 5.74) is 5.99. The Morgan fingerprint density at radius 2 is 1.76 bits per heavy atom. The SMILES string of the molecule is N[C@@H](CCC(=O)NC(CC(=O)O)c1ccccc1)C(=O)O. The number of carbonyl (C=O) groups is 3. The molecule has 1 aromatic rings. The molecule has 1 aromatic carbocycles. The molecule has 1 rings (SSSR count). The van der Waals surface area contributed by atoms with Crippen LogP contribution in [0.15, 0.2) is 30.3 Å². The maximum atomic E-state index is 11.8. The van der Waals surface area contributed by atoms with Gasteiger partial charge in [-0.2, -0.15) is 0 Å². The number of aliphatic carboxylic acids is 2. The van der Waals surface area contributed by atoms with E-state index in [4.69, 9.17) is 15.9 Å². The fraction of sp³-hybridized carbons (Fsp3) is 0.357. The van der Waals surface area contributed by atoms with Crippen LogP contribution in [0.4, 0.5) is 0 Å². The van der Waals surface area contributed by atoms with Crippen LogP contribution in [-0.2, 0) is 14.4 Å². The van der Waals surface area contributed by atoms with Crippen LogP contribution in [0.3, 0.4) is 0 Å². The molecular weight excluding hydrogens is 276 g/mol. The van der Waals surface area contributed by atoms with Gasteiger partial charge in [-0.25, -0.2) is 0 Å². The zero-order chi connectivity index (χ0) is 15.8. The number of nitrogens with one attached hydrogen (secondary N) is 1. The van der Waals surface area contributed by atoms with E-state index in [1.807, 2.05) is 0 Å². The molecule has 7 heteroatoms. The van der Waals surface area contributed by atoms with Crippen molar-refractivity contribution in [3.63, 3.8) is 0 Å². The van der Waals surface area contributed by atoms with Gasteiger partial charge in [0.05, 0.1) is 12.5 Å². The fourth-order valence-electron chi connectivity index (χ4n) is 1.79. The van der Waals surface area contributed by atoms with Crippen LogP contribution in [-0.4, -0.2) is 34.1 Å². The minimum atomic E-state index is -1.17. The molecular formula is C14H18N2O5. The summed E-state index contributed by atoms with van der Waals surface area (Å²) in [6, 6.07) is 6.96. The molecule has 0 aromatic heterocycles. The first-order chi connectivity index (χ1) is 9.90. The zero-order valence-electron chi connectivity index (χ0n) is 11.4. The van der Waals surface area contributed by atoms with E-state index in [-0.39, 0.29) is 19.3 Å². The van der Waals surface area contributed by atoms with Crippen LogP contribution in [0, 0.1) is 0 Å². The second-order valence-electron chi connectivity index (χ2n) is 4.61. The molecule has 0 saturated heterocycles. The Kier molecular flexibility index (Phi) is 6.35. The molecule has 0 aliphatic carbocycles. The third kappa shape index (κ3) is 6.05. The summed E-state index contributed by atoms with van der Waals surface area (Å²) in [4.78, 5) is 33.2. The third-order valence-corrected chi connectivity index (χ3v) is 2.92. The molecule has 1 unspecified atom stereocenters. The van der Waals surface area contributed by atoms with Gasteiger partial charge in [0.1, 0.15) is 6.04 Å². The van der Waals surface area contributed by atoms with E-state index < -0.39 is 29.9 Å². The summed E-state index contributed by atoms with van der Waals surface area (Å²) < 4.78 is 0. The molecule has 0 aliphatic heterocycles. The van der Waals surface area contributed by atoms with Crippen molar-refractivity contribution < 1.29 is 24.6 Å². The number of hydrogen-bond donors (Lipinski definition) is 4. The quantitative estimate of drug-likeness (QED) is 0.552. The van der Waals surface area contributed by atoms with E-state index in [1.54, 1.807) is 30.3 Å². The lowest BCUT2D eigenvalue weighted by atomic mass is 10.0. The van der Waals surface area contributed by atoms with Crippen molar-refractivity contribution in [3.8, 4) is 0 Å². The highest BCUT2D eigenvalue weighted by Crippen LogP contribution is 2.16. The van der Waals surface area contributed by atoms with Crippen LogP contribution in [0.25, 0.3) is 0 Å². The van der Waals surface area contributed by atoms with E-state index in [0.717, 1.165) is 0 Å². The topological polar surface area (TPSA) is 130 Å². The Morgan fingerprint density at radius 1 is 1.14 bits per heavy atom. The van der Waals surface area contributed by atoms with E-state index in [1.165, 1.54) is 0 Å². The number of amides is 1. The summed E-state index contributed by atoms with van der Waals surface area (Å²) in [6.07, 6.45) is -0.326. The first-order valence-electron chi connectivity index (χ1n) is 6.44. The molecule has 114 valence electrons. The van der Waals surface area contributed by atoms with Crippen LogP contribution < -0.4 is 11.1 Å². The second-order valence-corrected chi connectivity index (χ2v) is 4.61. The Labute approximate surface area is 121 Å². The number of rotatable bonds is 8. The van der Waals surface area contributed by atoms with E-state index >= 15 is 0 Å². The maximum absolute atomic E-state index is 11.8. The largest absolute Gasteiger partial charge is 0.481 e. The van der Waals surface area contributed by atoms with E-state index in [9.17, 15) is 14.4 Å². The predicted molar refractivity (Wildman–Crippen MR) is 74.4 cm³/mol. The summed E-state index contributed by atoms with van der Waals surface area (Å²) in [6.45, 7) is 0. The van der Waals surface area contributed by atoms with Gasteiger partial charge in [-0.05, 0) is 12.0 Å². The third-order valence-electron chi connectivity index (χ3n) is 2.92. The molecule has 0 aliphatic rings. The Morgan fingerprint density at radius 3 is 2.29 bits per heavy atom. The van der Waals surface area contributed by atoms with Crippen molar-refractivity contribution in [2.75, 3.05) is 0 Å². The number of carbonyl (C=O) groups excluding carboxylic acids is 1. The van der Waals surface area contributed by atoms with Crippen molar-refractivity contribution in [3.05, 3.63) is 35.9 Å². The Bertz CT molecular complexity index is 503. The number of benzene rings is 1. The average molecular weight is 294 g/mol.